The number of nitro benzene ring substituents is 1. The van der Waals surface area contributed by atoms with Crippen LogP contribution in [0.2, 0.25) is 0 Å². The Balaban J connectivity index is 2.14. The Morgan fingerprint density at radius 1 is 1.30 bits per heavy atom. The summed E-state index contributed by atoms with van der Waals surface area (Å²) >= 11 is 0. The summed E-state index contributed by atoms with van der Waals surface area (Å²) in [6, 6.07) is 9.08. The molecule has 2 rings (SSSR count). The van der Waals surface area contributed by atoms with Crippen LogP contribution in [-0.2, 0) is 0 Å². The minimum atomic E-state index is -0.668. The Morgan fingerprint density at radius 2 is 2.04 bits per heavy atom. The molecule has 1 heterocycles. The van der Waals surface area contributed by atoms with Crippen molar-refractivity contribution in [3.05, 3.63) is 52.1 Å². The zero-order valence-electron chi connectivity index (χ0n) is 12.8. The minimum Gasteiger partial charge on any atom is -0.481 e. The second-order valence-electron chi connectivity index (χ2n) is 4.67. The van der Waals surface area contributed by atoms with Gasteiger partial charge in [-0.1, -0.05) is 6.07 Å². The number of aromatic nitrogens is 1. The van der Waals surface area contributed by atoms with Crippen LogP contribution in [0.4, 0.5) is 16.3 Å². The van der Waals surface area contributed by atoms with Gasteiger partial charge in [-0.3, -0.25) is 15.0 Å². The standard InChI is InChI=1S/C15H15N3O5/c1-10-9-11(7-8-12(10)18(20)21)23-15(19)17(2)13-5-4-6-14(16-13)22-3/h4-9H,1-3H3. The number of carbonyl (C=O) groups excluding carboxylic acids is 1. The first-order valence-electron chi connectivity index (χ1n) is 6.64. The second kappa shape index (κ2) is 6.73. The largest absolute Gasteiger partial charge is 0.481 e. The normalized spacial score (nSPS) is 10.0. The summed E-state index contributed by atoms with van der Waals surface area (Å²) < 4.78 is 10.2. The number of nitro groups is 1. The van der Waals surface area contributed by atoms with Crippen molar-refractivity contribution in [1.29, 1.82) is 0 Å². The number of nitrogens with zero attached hydrogens (tertiary/aromatic N) is 3. The first-order valence-corrected chi connectivity index (χ1v) is 6.64. The van der Waals surface area contributed by atoms with E-state index in [0.717, 1.165) is 0 Å². The fourth-order valence-electron chi connectivity index (χ4n) is 1.86. The molecule has 1 aromatic carbocycles. The van der Waals surface area contributed by atoms with E-state index in [1.807, 2.05) is 0 Å². The highest BCUT2D eigenvalue weighted by atomic mass is 16.6. The first kappa shape index (κ1) is 16.2. The van der Waals surface area contributed by atoms with Crippen molar-refractivity contribution in [3.63, 3.8) is 0 Å². The molecule has 0 radical (unpaired) electrons. The fraction of sp³-hybridized carbons (Fsp3) is 0.200. The molecule has 0 N–H and O–H groups in total. The highest BCUT2D eigenvalue weighted by Gasteiger charge is 2.17. The van der Waals surface area contributed by atoms with E-state index in [1.165, 1.54) is 37.3 Å². The number of hydrogen-bond donors (Lipinski definition) is 0. The van der Waals surface area contributed by atoms with E-state index < -0.39 is 11.0 Å². The molecule has 0 saturated heterocycles. The number of hydrogen-bond acceptors (Lipinski definition) is 6. The average Bonchev–Trinajstić information content (AvgIpc) is 2.53. The number of benzene rings is 1. The van der Waals surface area contributed by atoms with Gasteiger partial charge in [-0.05, 0) is 25.1 Å². The van der Waals surface area contributed by atoms with Gasteiger partial charge in [0.1, 0.15) is 11.6 Å². The van der Waals surface area contributed by atoms with E-state index in [9.17, 15) is 14.9 Å². The summed E-state index contributed by atoms with van der Waals surface area (Å²) in [5.41, 5.74) is 0.370. The van der Waals surface area contributed by atoms with Crippen LogP contribution in [0.5, 0.6) is 11.6 Å². The van der Waals surface area contributed by atoms with Crippen molar-refractivity contribution in [2.75, 3.05) is 19.1 Å². The summed E-state index contributed by atoms with van der Waals surface area (Å²) in [4.78, 5) is 27.7. The lowest BCUT2D eigenvalue weighted by Gasteiger charge is -2.16. The molecular weight excluding hydrogens is 302 g/mol. The molecule has 0 bridgehead atoms. The fourth-order valence-corrected chi connectivity index (χ4v) is 1.86. The van der Waals surface area contributed by atoms with Crippen molar-refractivity contribution in [2.24, 2.45) is 0 Å². The summed E-state index contributed by atoms with van der Waals surface area (Å²) in [6.07, 6.45) is -0.668. The van der Waals surface area contributed by atoms with E-state index >= 15 is 0 Å². The molecule has 2 aromatic rings. The average molecular weight is 317 g/mol. The molecule has 0 fully saturated rings. The lowest BCUT2D eigenvalue weighted by Crippen LogP contribution is -2.30. The highest BCUT2D eigenvalue weighted by Crippen LogP contribution is 2.24. The second-order valence-corrected chi connectivity index (χ2v) is 4.67. The zero-order chi connectivity index (χ0) is 17.0. The van der Waals surface area contributed by atoms with Crippen LogP contribution in [0.15, 0.2) is 36.4 Å². The van der Waals surface area contributed by atoms with Gasteiger partial charge in [-0.25, -0.2) is 4.79 Å². The number of anilines is 1. The number of ether oxygens (including phenoxy) is 2. The van der Waals surface area contributed by atoms with Crippen LogP contribution < -0.4 is 14.4 Å². The third-order valence-electron chi connectivity index (χ3n) is 3.11. The van der Waals surface area contributed by atoms with Gasteiger partial charge in [0, 0.05) is 24.7 Å². The maximum atomic E-state index is 12.1. The van der Waals surface area contributed by atoms with Crippen molar-refractivity contribution in [3.8, 4) is 11.6 Å². The van der Waals surface area contributed by atoms with Crippen LogP contribution in [0.1, 0.15) is 5.56 Å². The van der Waals surface area contributed by atoms with Gasteiger partial charge in [0.25, 0.3) is 5.69 Å². The third kappa shape index (κ3) is 3.73. The molecule has 23 heavy (non-hydrogen) atoms. The van der Waals surface area contributed by atoms with Gasteiger partial charge in [0.15, 0.2) is 0 Å². The first-order chi connectivity index (χ1) is 10.9. The van der Waals surface area contributed by atoms with Crippen LogP contribution in [0.3, 0.4) is 0 Å². The third-order valence-corrected chi connectivity index (χ3v) is 3.11. The Bertz CT molecular complexity index is 748. The Labute approximate surface area is 132 Å². The topological polar surface area (TPSA) is 94.8 Å². The Morgan fingerprint density at radius 3 is 2.65 bits per heavy atom. The minimum absolute atomic E-state index is 0.0346. The van der Waals surface area contributed by atoms with E-state index in [1.54, 1.807) is 25.1 Å². The zero-order valence-corrected chi connectivity index (χ0v) is 12.8. The van der Waals surface area contributed by atoms with Gasteiger partial charge in [0.05, 0.1) is 12.0 Å². The predicted molar refractivity (Wildman–Crippen MR) is 83.0 cm³/mol. The maximum Gasteiger partial charge on any atom is 0.420 e. The number of rotatable bonds is 4. The summed E-state index contributed by atoms with van der Waals surface area (Å²) in [5.74, 6) is 0.939. The van der Waals surface area contributed by atoms with Crippen LogP contribution in [0, 0.1) is 17.0 Å². The number of pyridine rings is 1. The number of aryl methyl sites for hydroxylation is 1. The monoisotopic (exact) mass is 317 g/mol. The molecule has 0 aliphatic heterocycles. The van der Waals surface area contributed by atoms with Gasteiger partial charge < -0.3 is 9.47 Å². The Hall–Kier alpha value is -3.16. The van der Waals surface area contributed by atoms with Gasteiger partial charge in [-0.2, -0.15) is 4.98 Å². The number of amides is 1. The number of carbonyl (C=O) groups is 1. The molecule has 8 heteroatoms. The maximum absolute atomic E-state index is 12.1. The molecular formula is C15H15N3O5. The van der Waals surface area contributed by atoms with Crippen molar-refractivity contribution >= 4 is 17.6 Å². The van der Waals surface area contributed by atoms with Crippen LogP contribution in [-0.4, -0.2) is 30.2 Å². The van der Waals surface area contributed by atoms with Crippen molar-refractivity contribution in [2.45, 2.75) is 6.92 Å². The van der Waals surface area contributed by atoms with Gasteiger partial charge >= 0.3 is 6.09 Å². The summed E-state index contributed by atoms with van der Waals surface area (Å²) in [5, 5.41) is 10.8. The molecule has 8 nitrogen and oxygen atoms in total. The van der Waals surface area contributed by atoms with Crippen molar-refractivity contribution in [1.82, 2.24) is 4.98 Å². The van der Waals surface area contributed by atoms with E-state index in [4.69, 9.17) is 9.47 Å². The lowest BCUT2D eigenvalue weighted by molar-refractivity contribution is -0.385. The molecule has 1 aromatic heterocycles. The van der Waals surface area contributed by atoms with Crippen LogP contribution >= 0.6 is 0 Å². The predicted octanol–water partition coefficient (Wildman–Crippen LogP) is 2.94. The smallest absolute Gasteiger partial charge is 0.420 e. The summed E-state index contributed by atoms with van der Waals surface area (Å²) in [6.45, 7) is 1.57. The summed E-state index contributed by atoms with van der Waals surface area (Å²) in [7, 11) is 2.98. The molecule has 120 valence electrons. The van der Waals surface area contributed by atoms with Gasteiger partial charge in [-0.15, -0.1) is 0 Å². The number of methoxy groups -OCH3 is 1. The molecule has 0 aliphatic carbocycles. The lowest BCUT2D eigenvalue weighted by atomic mass is 10.2. The molecule has 0 atom stereocenters. The molecule has 0 saturated carbocycles. The van der Waals surface area contributed by atoms with Crippen molar-refractivity contribution < 1.29 is 19.2 Å². The van der Waals surface area contributed by atoms with Crippen LogP contribution in [0.25, 0.3) is 0 Å². The quantitative estimate of drug-likeness (QED) is 0.635. The molecule has 0 aliphatic rings. The Kier molecular flexibility index (Phi) is 4.75. The van der Waals surface area contributed by atoms with Gasteiger partial charge in [0.2, 0.25) is 5.88 Å². The molecule has 0 spiro atoms. The molecule has 0 unspecified atom stereocenters. The van der Waals surface area contributed by atoms with E-state index in [-0.39, 0.29) is 11.4 Å². The molecule has 1 amide bonds. The van der Waals surface area contributed by atoms with E-state index in [0.29, 0.717) is 17.3 Å². The highest BCUT2D eigenvalue weighted by molar-refractivity contribution is 5.87. The SMILES string of the molecule is COc1cccc(N(C)C(=O)Oc2ccc([N+](=O)[O-])c(C)c2)n1. The van der Waals surface area contributed by atoms with E-state index in [2.05, 4.69) is 4.98 Å².